The molecule has 3 aromatic rings. The topological polar surface area (TPSA) is 88.1 Å². The molecular weight excluding hydrogens is 616 g/mol. The van der Waals surface area contributed by atoms with Crippen molar-refractivity contribution in [2.24, 2.45) is 5.92 Å². The van der Waals surface area contributed by atoms with Gasteiger partial charge in [-0.2, -0.15) is 0 Å². The normalized spacial score (nSPS) is 11.4. The smallest absolute Gasteiger partial charge is 0.343 e. The van der Waals surface area contributed by atoms with E-state index in [4.69, 9.17) is 18.9 Å². The van der Waals surface area contributed by atoms with E-state index in [1.165, 1.54) is 57.4 Å². The Hall–Kier alpha value is -4.39. The molecule has 0 fully saturated rings. The van der Waals surface area contributed by atoms with Gasteiger partial charge in [-0.05, 0) is 66.8 Å². The van der Waals surface area contributed by atoms with E-state index in [1.807, 2.05) is 37.3 Å². The lowest BCUT2D eigenvalue weighted by Crippen LogP contribution is -2.13. The zero-order valence-corrected chi connectivity index (χ0v) is 29.5. The third kappa shape index (κ3) is 15.1. The van der Waals surface area contributed by atoms with Crippen LogP contribution in [0.2, 0.25) is 0 Å². The first-order chi connectivity index (χ1) is 23.9. The van der Waals surface area contributed by atoms with Gasteiger partial charge in [0.05, 0.1) is 30.9 Å². The number of hydrogen-bond donors (Lipinski definition) is 0. The molecule has 0 aliphatic carbocycles. The van der Waals surface area contributed by atoms with Crippen molar-refractivity contribution in [3.63, 3.8) is 0 Å². The van der Waals surface area contributed by atoms with E-state index >= 15 is 0 Å². The number of carbonyl (C=O) groups is 3. The van der Waals surface area contributed by atoms with Gasteiger partial charge in [-0.3, -0.25) is 0 Å². The first-order valence-electron chi connectivity index (χ1n) is 18.0. The summed E-state index contributed by atoms with van der Waals surface area (Å²) in [5.41, 5.74) is 2.31. The Labute approximate surface area is 293 Å². The average molecular weight is 671 g/mol. The summed E-state index contributed by atoms with van der Waals surface area (Å²) in [7, 11) is 0. The first kappa shape index (κ1) is 39.1. The molecule has 1 atom stereocenters. The van der Waals surface area contributed by atoms with E-state index in [1.54, 1.807) is 42.5 Å². The van der Waals surface area contributed by atoms with Gasteiger partial charge in [-0.15, -0.1) is 0 Å². The minimum atomic E-state index is -0.516. The van der Waals surface area contributed by atoms with Gasteiger partial charge in [0.15, 0.2) is 0 Å². The lowest BCUT2D eigenvalue weighted by molar-refractivity contribution is -0.137. The third-order valence-electron chi connectivity index (χ3n) is 8.51. The summed E-state index contributed by atoms with van der Waals surface area (Å²) in [5, 5.41) is 0. The van der Waals surface area contributed by atoms with Crippen LogP contribution in [0.25, 0.3) is 11.1 Å². The van der Waals surface area contributed by atoms with Crippen LogP contribution in [0.15, 0.2) is 85.5 Å². The number of carbonyl (C=O) groups excluding carboxylic acids is 3. The van der Waals surface area contributed by atoms with Crippen molar-refractivity contribution in [1.29, 1.82) is 0 Å². The second-order valence-electron chi connectivity index (χ2n) is 12.6. The largest absolute Gasteiger partial charge is 0.494 e. The van der Waals surface area contributed by atoms with E-state index in [9.17, 15) is 14.4 Å². The molecular formula is C42H54O7. The van der Waals surface area contributed by atoms with Crippen LogP contribution in [0, 0.1) is 5.92 Å². The van der Waals surface area contributed by atoms with Gasteiger partial charge in [0.2, 0.25) is 0 Å². The Bertz CT molecular complexity index is 1410. The fourth-order valence-corrected chi connectivity index (χ4v) is 5.25. The van der Waals surface area contributed by atoms with E-state index in [0.717, 1.165) is 37.7 Å². The highest BCUT2D eigenvalue weighted by Crippen LogP contribution is 2.32. The van der Waals surface area contributed by atoms with Crippen molar-refractivity contribution in [3.05, 3.63) is 96.6 Å². The molecule has 0 saturated carbocycles. The van der Waals surface area contributed by atoms with Crippen molar-refractivity contribution in [3.8, 4) is 22.6 Å². The van der Waals surface area contributed by atoms with Crippen LogP contribution >= 0.6 is 0 Å². The molecule has 0 aliphatic heterocycles. The van der Waals surface area contributed by atoms with E-state index in [2.05, 4.69) is 13.5 Å². The Balaban J connectivity index is 1.35. The number of rotatable bonds is 24. The predicted molar refractivity (Wildman–Crippen MR) is 195 cm³/mol. The zero-order chi connectivity index (χ0) is 35.1. The minimum Gasteiger partial charge on any atom is -0.494 e. The Morgan fingerprint density at radius 3 is 1.84 bits per heavy atom. The number of benzene rings is 3. The van der Waals surface area contributed by atoms with Crippen LogP contribution in [-0.2, 0) is 14.3 Å². The number of esters is 3. The van der Waals surface area contributed by atoms with Crippen molar-refractivity contribution >= 4 is 17.9 Å². The van der Waals surface area contributed by atoms with Gasteiger partial charge >= 0.3 is 17.9 Å². The molecule has 49 heavy (non-hydrogen) atoms. The predicted octanol–water partition coefficient (Wildman–Crippen LogP) is 10.6. The number of ether oxygens (including phenoxy) is 4. The monoisotopic (exact) mass is 670 g/mol. The van der Waals surface area contributed by atoms with Gasteiger partial charge in [-0.1, -0.05) is 121 Å². The molecule has 0 radical (unpaired) electrons. The van der Waals surface area contributed by atoms with Crippen molar-refractivity contribution in [1.82, 2.24) is 0 Å². The maximum absolute atomic E-state index is 13.2. The third-order valence-corrected chi connectivity index (χ3v) is 8.51. The lowest BCUT2D eigenvalue weighted by Gasteiger charge is -2.14. The molecule has 0 aliphatic rings. The molecule has 0 bridgehead atoms. The van der Waals surface area contributed by atoms with Crippen LogP contribution in [-0.4, -0.2) is 37.7 Å². The van der Waals surface area contributed by atoms with Gasteiger partial charge < -0.3 is 18.9 Å². The van der Waals surface area contributed by atoms with Gasteiger partial charge in [0.1, 0.15) is 11.5 Å². The summed E-state index contributed by atoms with van der Waals surface area (Å²) in [6.45, 7) is 8.94. The van der Waals surface area contributed by atoms with Crippen molar-refractivity contribution < 1.29 is 33.3 Å². The highest BCUT2D eigenvalue weighted by molar-refractivity contribution is 5.94. The summed E-state index contributed by atoms with van der Waals surface area (Å²) < 4.78 is 22.2. The Morgan fingerprint density at radius 1 is 0.673 bits per heavy atom. The summed E-state index contributed by atoms with van der Waals surface area (Å²) in [4.78, 5) is 36.9. The standard InChI is InChI=1S/C42H54O7/c1-4-33(3)32-48-41(44)36-25-28-38(34-21-17-16-18-22-34)39(31-36)49-42(45)35-23-26-37(27-24-35)46-29-19-14-12-10-8-6-7-9-11-13-15-20-30-47-40(43)5-2/h5,16-18,21-28,31,33H,2,4,6-15,19-20,29-30,32H2,1,3H3. The molecule has 264 valence electrons. The van der Waals surface area contributed by atoms with Crippen LogP contribution in [0.3, 0.4) is 0 Å². The second kappa shape index (κ2) is 23.0. The van der Waals surface area contributed by atoms with Gasteiger partial charge in [0.25, 0.3) is 0 Å². The molecule has 1 unspecified atom stereocenters. The quantitative estimate of drug-likeness (QED) is 0.0405. The summed E-state index contributed by atoms with van der Waals surface area (Å²) in [5.74, 6) is -0.0219. The average Bonchev–Trinajstić information content (AvgIpc) is 3.13. The van der Waals surface area contributed by atoms with E-state index in [0.29, 0.717) is 48.0 Å². The maximum Gasteiger partial charge on any atom is 0.343 e. The second-order valence-corrected chi connectivity index (χ2v) is 12.6. The summed E-state index contributed by atoms with van der Waals surface area (Å²) in [6.07, 6.45) is 16.3. The highest BCUT2D eigenvalue weighted by atomic mass is 16.5. The number of unbranched alkanes of at least 4 members (excludes halogenated alkanes) is 11. The summed E-state index contributed by atoms with van der Waals surface area (Å²) in [6, 6.07) is 21.7. The Kier molecular flexibility index (Phi) is 18.4. The molecule has 0 saturated heterocycles. The molecule has 0 spiro atoms. The summed E-state index contributed by atoms with van der Waals surface area (Å²) >= 11 is 0. The van der Waals surface area contributed by atoms with Crippen LogP contribution in [0.5, 0.6) is 11.5 Å². The van der Waals surface area contributed by atoms with Crippen LogP contribution in [0.4, 0.5) is 0 Å². The molecule has 3 aromatic carbocycles. The van der Waals surface area contributed by atoms with Crippen molar-refractivity contribution in [2.45, 2.75) is 97.3 Å². The maximum atomic E-state index is 13.2. The molecule has 0 amide bonds. The molecule has 0 N–H and O–H groups in total. The molecule has 3 rings (SSSR count). The van der Waals surface area contributed by atoms with Gasteiger partial charge in [0, 0.05) is 11.6 Å². The SMILES string of the molecule is C=CC(=O)OCCCCCCCCCCCCCCOc1ccc(C(=O)Oc2cc(C(=O)OCC(C)CC)ccc2-c2ccccc2)cc1. The zero-order valence-electron chi connectivity index (χ0n) is 29.5. The van der Waals surface area contributed by atoms with E-state index in [-0.39, 0.29) is 11.9 Å². The highest BCUT2D eigenvalue weighted by Gasteiger charge is 2.18. The fraction of sp³-hybridized carbons (Fsp3) is 0.452. The minimum absolute atomic E-state index is 0.264. The Morgan fingerprint density at radius 2 is 1.24 bits per heavy atom. The van der Waals surface area contributed by atoms with Crippen LogP contribution < -0.4 is 9.47 Å². The molecule has 7 nitrogen and oxygen atoms in total. The number of hydrogen-bond acceptors (Lipinski definition) is 7. The van der Waals surface area contributed by atoms with Gasteiger partial charge in [-0.25, -0.2) is 14.4 Å². The molecule has 7 heteroatoms. The van der Waals surface area contributed by atoms with E-state index < -0.39 is 11.9 Å². The molecule has 0 heterocycles. The first-order valence-corrected chi connectivity index (χ1v) is 18.0. The lowest BCUT2D eigenvalue weighted by atomic mass is 10.0. The van der Waals surface area contributed by atoms with Crippen LogP contribution in [0.1, 0.15) is 118 Å². The van der Waals surface area contributed by atoms with Crippen molar-refractivity contribution in [2.75, 3.05) is 19.8 Å². The fourth-order valence-electron chi connectivity index (χ4n) is 5.25. The molecule has 0 aromatic heterocycles.